The number of aliphatic hydroxyl groups excluding tert-OH is 1. The molecule has 2 nitrogen and oxygen atoms in total. The molecule has 16 heavy (non-hydrogen) atoms. The fourth-order valence-electron chi connectivity index (χ4n) is 3.12. The third-order valence-electron chi connectivity index (χ3n) is 4.49. The SMILES string of the molecule is CCN(CC)C(CC)(CC)C(O)CC1CC1. The van der Waals surface area contributed by atoms with Crippen LogP contribution < -0.4 is 0 Å². The Hall–Kier alpha value is -0.0800. The van der Waals surface area contributed by atoms with Gasteiger partial charge in [0.15, 0.2) is 0 Å². The first-order valence-corrected chi connectivity index (χ1v) is 7.07. The minimum Gasteiger partial charge on any atom is -0.391 e. The number of hydrogen-bond acceptors (Lipinski definition) is 2. The molecular weight excluding hydrogens is 198 g/mol. The number of nitrogens with zero attached hydrogens (tertiary/aromatic N) is 1. The standard InChI is InChI=1S/C14H29NO/c1-5-14(6-2,15(7-3)8-4)13(16)11-12-9-10-12/h12-13,16H,5-11H2,1-4H3. The van der Waals surface area contributed by atoms with Gasteiger partial charge >= 0.3 is 0 Å². The Morgan fingerprint density at radius 2 is 1.62 bits per heavy atom. The van der Waals surface area contributed by atoms with Crippen molar-refractivity contribution in [3.8, 4) is 0 Å². The molecule has 0 aromatic rings. The molecule has 0 saturated heterocycles. The average molecular weight is 227 g/mol. The van der Waals surface area contributed by atoms with Crippen molar-refractivity contribution >= 4 is 0 Å². The van der Waals surface area contributed by atoms with E-state index in [1.165, 1.54) is 12.8 Å². The van der Waals surface area contributed by atoms with E-state index in [4.69, 9.17) is 0 Å². The molecule has 0 aliphatic heterocycles. The van der Waals surface area contributed by atoms with E-state index in [9.17, 15) is 5.11 Å². The van der Waals surface area contributed by atoms with Crippen molar-refractivity contribution in [2.24, 2.45) is 5.92 Å². The van der Waals surface area contributed by atoms with Gasteiger partial charge < -0.3 is 5.11 Å². The Bertz CT molecular complexity index is 193. The van der Waals surface area contributed by atoms with Crippen LogP contribution in [0.2, 0.25) is 0 Å². The quantitative estimate of drug-likeness (QED) is 0.689. The van der Waals surface area contributed by atoms with Gasteiger partial charge in [0.05, 0.1) is 6.10 Å². The van der Waals surface area contributed by atoms with E-state index in [1.54, 1.807) is 0 Å². The summed E-state index contributed by atoms with van der Waals surface area (Å²) in [5, 5.41) is 10.6. The van der Waals surface area contributed by atoms with E-state index in [1.807, 2.05) is 0 Å². The molecule has 0 aromatic heterocycles. The van der Waals surface area contributed by atoms with Crippen LogP contribution in [0.4, 0.5) is 0 Å². The molecule has 1 atom stereocenters. The van der Waals surface area contributed by atoms with E-state index in [2.05, 4.69) is 32.6 Å². The Morgan fingerprint density at radius 1 is 1.12 bits per heavy atom. The zero-order chi connectivity index (χ0) is 12.2. The van der Waals surface area contributed by atoms with Crippen molar-refractivity contribution in [2.45, 2.75) is 71.4 Å². The van der Waals surface area contributed by atoms with Crippen LogP contribution in [0.25, 0.3) is 0 Å². The van der Waals surface area contributed by atoms with E-state index in [0.29, 0.717) is 0 Å². The van der Waals surface area contributed by atoms with Crippen LogP contribution in [0.5, 0.6) is 0 Å². The second-order valence-corrected chi connectivity index (χ2v) is 5.18. The highest BCUT2D eigenvalue weighted by Crippen LogP contribution is 2.39. The van der Waals surface area contributed by atoms with Gasteiger partial charge in [-0.1, -0.05) is 40.5 Å². The molecule has 0 bridgehead atoms. The lowest BCUT2D eigenvalue weighted by molar-refractivity contribution is -0.0409. The van der Waals surface area contributed by atoms with Gasteiger partial charge in [-0.05, 0) is 38.3 Å². The smallest absolute Gasteiger partial charge is 0.0726 e. The molecule has 0 amide bonds. The van der Waals surface area contributed by atoms with Crippen molar-refractivity contribution in [1.82, 2.24) is 4.90 Å². The summed E-state index contributed by atoms with van der Waals surface area (Å²) in [5.41, 5.74) is 0.0199. The molecule has 1 rings (SSSR count). The molecule has 96 valence electrons. The minimum absolute atomic E-state index is 0.0199. The van der Waals surface area contributed by atoms with Gasteiger partial charge in [0.2, 0.25) is 0 Å². The summed E-state index contributed by atoms with van der Waals surface area (Å²) in [6, 6.07) is 0. The predicted molar refractivity (Wildman–Crippen MR) is 69.6 cm³/mol. The Morgan fingerprint density at radius 3 is 1.94 bits per heavy atom. The largest absolute Gasteiger partial charge is 0.391 e. The monoisotopic (exact) mass is 227 g/mol. The summed E-state index contributed by atoms with van der Waals surface area (Å²) in [6.45, 7) is 10.9. The molecule has 0 heterocycles. The Labute approximate surface area is 101 Å². The first-order chi connectivity index (χ1) is 7.64. The zero-order valence-electron chi connectivity index (χ0n) is 11.5. The van der Waals surface area contributed by atoms with E-state index in [-0.39, 0.29) is 11.6 Å². The maximum absolute atomic E-state index is 10.6. The zero-order valence-corrected chi connectivity index (χ0v) is 11.5. The highest BCUT2D eigenvalue weighted by molar-refractivity contribution is 4.96. The van der Waals surface area contributed by atoms with Gasteiger partial charge in [-0.3, -0.25) is 4.90 Å². The summed E-state index contributed by atoms with van der Waals surface area (Å²) in [6.07, 6.45) is 5.64. The van der Waals surface area contributed by atoms with Crippen LogP contribution in [-0.4, -0.2) is 34.7 Å². The molecule has 0 radical (unpaired) electrons. The molecule has 1 aliphatic carbocycles. The second-order valence-electron chi connectivity index (χ2n) is 5.18. The number of aliphatic hydroxyl groups is 1. The molecule has 1 unspecified atom stereocenters. The molecule has 1 fully saturated rings. The molecule has 0 aromatic carbocycles. The fourth-order valence-corrected chi connectivity index (χ4v) is 3.12. The predicted octanol–water partition coefficient (Wildman–Crippen LogP) is 3.05. The molecule has 2 heteroatoms. The highest BCUT2D eigenvalue weighted by Gasteiger charge is 2.41. The van der Waals surface area contributed by atoms with Gasteiger partial charge in [-0.15, -0.1) is 0 Å². The fraction of sp³-hybridized carbons (Fsp3) is 1.00. The topological polar surface area (TPSA) is 23.5 Å². The van der Waals surface area contributed by atoms with Gasteiger partial charge in [0.25, 0.3) is 0 Å². The summed E-state index contributed by atoms with van der Waals surface area (Å²) >= 11 is 0. The van der Waals surface area contributed by atoms with Crippen LogP contribution in [0.1, 0.15) is 59.8 Å². The lowest BCUT2D eigenvalue weighted by Crippen LogP contribution is -2.56. The van der Waals surface area contributed by atoms with Gasteiger partial charge in [0.1, 0.15) is 0 Å². The van der Waals surface area contributed by atoms with Crippen molar-refractivity contribution in [2.75, 3.05) is 13.1 Å². The molecule has 1 saturated carbocycles. The lowest BCUT2D eigenvalue weighted by Gasteiger charge is -2.46. The maximum atomic E-state index is 10.6. The lowest BCUT2D eigenvalue weighted by atomic mass is 9.82. The number of hydrogen-bond donors (Lipinski definition) is 1. The van der Waals surface area contributed by atoms with Crippen LogP contribution in [0.3, 0.4) is 0 Å². The van der Waals surface area contributed by atoms with E-state index >= 15 is 0 Å². The summed E-state index contributed by atoms with van der Waals surface area (Å²) < 4.78 is 0. The third-order valence-corrected chi connectivity index (χ3v) is 4.49. The normalized spacial score (nSPS) is 19.1. The summed E-state index contributed by atoms with van der Waals surface area (Å²) in [5.74, 6) is 0.808. The van der Waals surface area contributed by atoms with Crippen molar-refractivity contribution in [1.29, 1.82) is 0 Å². The van der Waals surface area contributed by atoms with Gasteiger partial charge in [0, 0.05) is 5.54 Å². The third kappa shape index (κ3) is 2.78. The second kappa shape index (κ2) is 6.02. The van der Waals surface area contributed by atoms with Crippen molar-refractivity contribution < 1.29 is 5.11 Å². The Balaban J connectivity index is 2.73. The first kappa shape index (κ1) is 14.0. The van der Waals surface area contributed by atoms with Crippen molar-refractivity contribution in [3.63, 3.8) is 0 Å². The molecular formula is C14H29NO. The number of likely N-dealkylation sites (N-methyl/N-ethyl adjacent to an activating group) is 1. The van der Waals surface area contributed by atoms with Crippen LogP contribution in [-0.2, 0) is 0 Å². The summed E-state index contributed by atoms with van der Waals surface area (Å²) in [7, 11) is 0. The minimum atomic E-state index is -0.144. The van der Waals surface area contributed by atoms with Crippen molar-refractivity contribution in [3.05, 3.63) is 0 Å². The average Bonchev–Trinajstić information content (AvgIpc) is 3.09. The van der Waals surface area contributed by atoms with Gasteiger partial charge in [-0.25, -0.2) is 0 Å². The molecule has 1 N–H and O–H groups in total. The number of rotatable bonds is 8. The van der Waals surface area contributed by atoms with Gasteiger partial charge in [-0.2, -0.15) is 0 Å². The van der Waals surface area contributed by atoms with E-state index in [0.717, 1.165) is 38.3 Å². The highest BCUT2D eigenvalue weighted by atomic mass is 16.3. The summed E-state index contributed by atoms with van der Waals surface area (Å²) in [4.78, 5) is 2.46. The Kier molecular flexibility index (Phi) is 5.26. The molecule has 1 aliphatic rings. The van der Waals surface area contributed by atoms with Crippen LogP contribution in [0.15, 0.2) is 0 Å². The van der Waals surface area contributed by atoms with Crippen LogP contribution >= 0.6 is 0 Å². The molecule has 0 spiro atoms. The maximum Gasteiger partial charge on any atom is 0.0726 e. The first-order valence-electron chi connectivity index (χ1n) is 7.07. The van der Waals surface area contributed by atoms with Crippen LogP contribution in [0, 0.1) is 5.92 Å². The van der Waals surface area contributed by atoms with E-state index < -0.39 is 0 Å².